The molecule has 2 aromatic heterocycles. The maximum absolute atomic E-state index is 13.2. The fourth-order valence-corrected chi connectivity index (χ4v) is 5.95. The molecule has 0 unspecified atom stereocenters. The van der Waals surface area contributed by atoms with Crippen LogP contribution in [0.15, 0.2) is 41.8 Å². The van der Waals surface area contributed by atoms with E-state index in [1.807, 2.05) is 23.1 Å². The van der Waals surface area contributed by atoms with Crippen LogP contribution in [0.3, 0.4) is 0 Å². The summed E-state index contributed by atoms with van der Waals surface area (Å²) in [6.07, 6.45) is 5.84. The van der Waals surface area contributed by atoms with Crippen molar-refractivity contribution >= 4 is 23.2 Å². The van der Waals surface area contributed by atoms with Gasteiger partial charge in [0, 0.05) is 29.2 Å². The van der Waals surface area contributed by atoms with Crippen LogP contribution in [0.5, 0.6) is 0 Å². The summed E-state index contributed by atoms with van der Waals surface area (Å²) >= 11 is 1.69. The second-order valence-electron chi connectivity index (χ2n) is 8.98. The predicted molar refractivity (Wildman–Crippen MR) is 125 cm³/mol. The molecular weight excluding hydrogens is 420 g/mol. The number of H-pyrrole nitrogens is 1. The Hall–Kier alpha value is -2.93. The molecule has 1 aromatic carbocycles. The van der Waals surface area contributed by atoms with E-state index in [1.165, 1.54) is 4.88 Å². The smallest absolute Gasteiger partial charge is 0.274 e. The van der Waals surface area contributed by atoms with Gasteiger partial charge >= 0.3 is 0 Å². The number of hydrogen-bond acceptors (Lipinski definition) is 4. The number of nitrogens with zero attached hydrogens (tertiary/aromatic N) is 2. The standard InChI is InChI=1S/C25H28N4O2S/c26-24(31)25(16-17-6-1-2-7-18(17)21-10-5-15-32-21)11-13-29(14-12-25)23(30)22-19-8-3-4-9-20(19)27-28-22/h1-2,5-7,10,15H,3-4,8-9,11-14,16H2,(H2,26,31)(H,27,28). The highest BCUT2D eigenvalue weighted by atomic mass is 32.1. The third kappa shape index (κ3) is 3.75. The monoisotopic (exact) mass is 448 g/mol. The Balaban J connectivity index is 1.34. The normalized spacial score (nSPS) is 17.7. The van der Waals surface area contributed by atoms with E-state index in [9.17, 15) is 9.59 Å². The largest absolute Gasteiger partial charge is 0.369 e. The Labute approximate surface area is 191 Å². The fourth-order valence-electron chi connectivity index (χ4n) is 5.17. The van der Waals surface area contributed by atoms with Gasteiger partial charge in [0.25, 0.3) is 5.91 Å². The average Bonchev–Trinajstić information content (AvgIpc) is 3.50. The zero-order valence-electron chi connectivity index (χ0n) is 18.1. The van der Waals surface area contributed by atoms with Crippen molar-refractivity contribution in [2.24, 2.45) is 11.1 Å². The van der Waals surface area contributed by atoms with Gasteiger partial charge in [0.15, 0.2) is 5.69 Å². The van der Waals surface area contributed by atoms with Gasteiger partial charge in [-0.3, -0.25) is 14.7 Å². The van der Waals surface area contributed by atoms with Crippen LogP contribution in [0.4, 0.5) is 0 Å². The van der Waals surface area contributed by atoms with Crippen molar-refractivity contribution in [1.29, 1.82) is 0 Å². The topological polar surface area (TPSA) is 92.1 Å². The first kappa shape index (κ1) is 20.9. The summed E-state index contributed by atoms with van der Waals surface area (Å²) in [5, 5.41) is 9.47. The lowest BCUT2D eigenvalue weighted by Crippen LogP contribution is -2.50. The minimum Gasteiger partial charge on any atom is -0.369 e. The van der Waals surface area contributed by atoms with Crippen molar-refractivity contribution < 1.29 is 9.59 Å². The van der Waals surface area contributed by atoms with Crippen molar-refractivity contribution in [2.45, 2.75) is 44.9 Å². The molecule has 3 heterocycles. The Morgan fingerprint density at radius 3 is 2.62 bits per heavy atom. The highest BCUT2D eigenvalue weighted by Gasteiger charge is 2.42. The second kappa shape index (κ2) is 8.54. The molecule has 1 fully saturated rings. The number of rotatable bonds is 5. The number of thiophene rings is 1. The SMILES string of the molecule is NC(=O)C1(Cc2ccccc2-c2cccs2)CCN(C(=O)c2n[nH]c3c2CCCC3)CC1. The van der Waals surface area contributed by atoms with Crippen molar-refractivity contribution in [3.8, 4) is 10.4 Å². The second-order valence-corrected chi connectivity index (χ2v) is 9.93. The summed E-state index contributed by atoms with van der Waals surface area (Å²) in [6, 6.07) is 12.4. The van der Waals surface area contributed by atoms with E-state index in [4.69, 9.17) is 5.73 Å². The van der Waals surface area contributed by atoms with E-state index in [1.54, 1.807) is 11.3 Å². The quantitative estimate of drug-likeness (QED) is 0.619. The molecule has 5 rings (SSSR count). The Morgan fingerprint density at radius 1 is 1.09 bits per heavy atom. The fraction of sp³-hybridized carbons (Fsp3) is 0.400. The number of carbonyl (C=O) groups is 2. The van der Waals surface area contributed by atoms with Crippen molar-refractivity contribution in [1.82, 2.24) is 15.1 Å². The van der Waals surface area contributed by atoms with Crippen LogP contribution < -0.4 is 5.73 Å². The van der Waals surface area contributed by atoms with E-state index < -0.39 is 5.41 Å². The number of piperidine rings is 1. The molecule has 6 nitrogen and oxygen atoms in total. The van der Waals surface area contributed by atoms with Crippen LogP contribution in [0.25, 0.3) is 10.4 Å². The number of nitrogens with two attached hydrogens (primary N) is 1. The number of likely N-dealkylation sites (tertiary alicyclic amines) is 1. The van der Waals surface area contributed by atoms with E-state index >= 15 is 0 Å². The molecule has 7 heteroatoms. The number of fused-ring (bicyclic) bond motifs is 1. The van der Waals surface area contributed by atoms with Gasteiger partial charge in [-0.25, -0.2) is 0 Å². The third-order valence-electron chi connectivity index (χ3n) is 7.12. The molecule has 0 spiro atoms. The molecule has 32 heavy (non-hydrogen) atoms. The zero-order chi connectivity index (χ0) is 22.1. The molecule has 0 bridgehead atoms. The third-order valence-corrected chi connectivity index (χ3v) is 8.03. The number of nitrogens with one attached hydrogen (secondary N) is 1. The summed E-state index contributed by atoms with van der Waals surface area (Å²) in [5.74, 6) is -0.302. The zero-order valence-corrected chi connectivity index (χ0v) is 18.9. The Kier molecular flexibility index (Phi) is 5.59. The molecule has 2 amide bonds. The lowest BCUT2D eigenvalue weighted by molar-refractivity contribution is -0.130. The first-order valence-corrected chi connectivity index (χ1v) is 12.2. The molecule has 0 saturated carbocycles. The molecule has 2 aliphatic rings. The van der Waals surface area contributed by atoms with Crippen LogP contribution in [-0.2, 0) is 24.1 Å². The van der Waals surface area contributed by atoms with Gasteiger partial charge in [0.2, 0.25) is 5.91 Å². The molecular formula is C25H28N4O2S. The molecule has 1 aliphatic carbocycles. The summed E-state index contributed by atoms with van der Waals surface area (Å²) in [6.45, 7) is 1.04. The molecule has 1 aliphatic heterocycles. The molecule has 3 N–H and O–H groups in total. The van der Waals surface area contributed by atoms with Gasteiger partial charge in [0.05, 0.1) is 5.41 Å². The van der Waals surface area contributed by atoms with E-state index in [0.29, 0.717) is 38.0 Å². The highest BCUT2D eigenvalue weighted by molar-refractivity contribution is 7.13. The summed E-state index contributed by atoms with van der Waals surface area (Å²) < 4.78 is 0. The van der Waals surface area contributed by atoms with Crippen molar-refractivity contribution in [3.63, 3.8) is 0 Å². The number of amides is 2. The number of aryl methyl sites for hydroxylation is 1. The van der Waals surface area contributed by atoms with Crippen LogP contribution in [-0.4, -0.2) is 40.0 Å². The molecule has 0 atom stereocenters. The maximum atomic E-state index is 13.2. The van der Waals surface area contributed by atoms with Crippen molar-refractivity contribution in [2.75, 3.05) is 13.1 Å². The van der Waals surface area contributed by atoms with Gasteiger partial charge in [-0.1, -0.05) is 30.3 Å². The summed E-state index contributed by atoms with van der Waals surface area (Å²) in [5.41, 5.74) is 10.4. The summed E-state index contributed by atoms with van der Waals surface area (Å²) in [7, 11) is 0. The lowest BCUT2D eigenvalue weighted by Gasteiger charge is -2.40. The van der Waals surface area contributed by atoms with Crippen LogP contribution in [0.2, 0.25) is 0 Å². The van der Waals surface area contributed by atoms with Crippen LogP contribution >= 0.6 is 11.3 Å². The van der Waals surface area contributed by atoms with Gasteiger partial charge in [-0.15, -0.1) is 11.3 Å². The number of primary amides is 1. The molecule has 3 aromatic rings. The van der Waals surface area contributed by atoms with Gasteiger partial charge in [0.1, 0.15) is 0 Å². The maximum Gasteiger partial charge on any atom is 0.274 e. The van der Waals surface area contributed by atoms with Gasteiger partial charge in [-0.2, -0.15) is 5.10 Å². The molecule has 0 radical (unpaired) electrons. The number of carbonyl (C=O) groups excluding carboxylic acids is 2. The van der Waals surface area contributed by atoms with Gasteiger partial charge in [-0.05, 0) is 67.5 Å². The van der Waals surface area contributed by atoms with Crippen molar-refractivity contribution in [3.05, 3.63) is 64.3 Å². The Bertz CT molecular complexity index is 1130. The minimum atomic E-state index is -0.644. The van der Waals surface area contributed by atoms with E-state index in [2.05, 4.69) is 33.8 Å². The molecule has 1 saturated heterocycles. The highest BCUT2D eigenvalue weighted by Crippen LogP contribution is 2.39. The lowest BCUT2D eigenvalue weighted by atomic mass is 9.72. The number of aromatic amines is 1. The molecule has 166 valence electrons. The summed E-state index contributed by atoms with van der Waals surface area (Å²) in [4.78, 5) is 28.9. The van der Waals surface area contributed by atoms with E-state index in [-0.39, 0.29) is 11.8 Å². The van der Waals surface area contributed by atoms with E-state index in [0.717, 1.165) is 48.1 Å². The number of aromatic nitrogens is 2. The van der Waals surface area contributed by atoms with Gasteiger partial charge < -0.3 is 10.6 Å². The number of benzene rings is 1. The number of hydrogen-bond donors (Lipinski definition) is 2. The first-order valence-electron chi connectivity index (χ1n) is 11.3. The predicted octanol–water partition coefficient (Wildman–Crippen LogP) is 3.97. The average molecular weight is 449 g/mol. The van der Waals surface area contributed by atoms with Crippen LogP contribution in [0, 0.1) is 5.41 Å². The van der Waals surface area contributed by atoms with Crippen LogP contribution in [0.1, 0.15) is 53.0 Å². The minimum absolute atomic E-state index is 0.0264. The first-order chi connectivity index (χ1) is 15.6. The Morgan fingerprint density at radius 2 is 1.88 bits per heavy atom.